The topological polar surface area (TPSA) is 59.3 Å². The van der Waals surface area contributed by atoms with Crippen LogP contribution in [0.2, 0.25) is 0 Å². The van der Waals surface area contributed by atoms with E-state index in [2.05, 4.69) is 15.4 Å². The number of amides is 1. The maximum absolute atomic E-state index is 10.8. The molecule has 0 unspecified atom stereocenters. The molecule has 0 aliphatic rings. The Morgan fingerprint density at radius 3 is 3.07 bits per heavy atom. The first-order valence-corrected chi connectivity index (χ1v) is 4.26. The fourth-order valence-corrected chi connectivity index (χ4v) is 1.19. The lowest BCUT2D eigenvalue weighted by molar-refractivity contribution is -0.114. The number of fused-ring (bicyclic) bond motifs is 1. The van der Waals surface area contributed by atoms with Crippen molar-refractivity contribution in [1.82, 2.24) is 14.6 Å². The van der Waals surface area contributed by atoms with Gasteiger partial charge < -0.3 is 0 Å². The van der Waals surface area contributed by atoms with E-state index in [9.17, 15) is 4.79 Å². The monoisotopic (exact) mass is 190 g/mol. The van der Waals surface area contributed by atoms with Gasteiger partial charge in [-0.3, -0.25) is 10.1 Å². The highest BCUT2D eigenvalue weighted by atomic mass is 16.1. The van der Waals surface area contributed by atoms with Crippen molar-refractivity contribution in [2.24, 2.45) is 0 Å². The van der Waals surface area contributed by atoms with Crippen LogP contribution < -0.4 is 5.32 Å². The van der Waals surface area contributed by atoms with Crippen molar-refractivity contribution in [3.8, 4) is 0 Å². The van der Waals surface area contributed by atoms with Gasteiger partial charge in [-0.05, 0) is 24.6 Å². The van der Waals surface area contributed by atoms with Gasteiger partial charge in [0.15, 0.2) is 5.65 Å². The lowest BCUT2D eigenvalue weighted by Crippen LogP contribution is -2.07. The minimum Gasteiger partial charge on any atom is -0.293 e. The van der Waals surface area contributed by atoms with Crippen LogP contribution in [0.15, 0.2) is 18.3 Å². The number of pyridine rings is 1. The molecule has 0 radical (unpaired) electrons. The van der Waals surface area contributed by atoms with E-state index in [-0.39, 0.29) is 5.91 Å². The van der Waals surface area contributed by atoms with Crippen molar-refractivity contribution in [3.63, 3.8) is 0 Å². The van der Waals surface area contributed by atoms with Crippen molar-refractivity contribution in [2.45, 2.75) is 13.8 Å². The van der Waals surface area contributed by atoms with Gasteiger partial charge in [-0.25, -0.2) is 4.52 Å². The molecule has 2 aromatic heterocycles. The zero-order valence-electron chi connectivity index (χ0n) is 7.98. The molecule has 1 amide bonds. The van der Waals surface area contributed by atoms with Gasteiger partial charge in [0.25, 0.3) is 0 Å². The number of carbonyl (C=O) groups is 1. The molecule has 0 saturated heterocycles. The number of nitrogens with zero attached hydrogens (tertiary/aromatic N) is 3. The Hall–Kier alpha value is -1.91. The van der Waals surface area contributed by atoms with Crippen molar-refractivity contribution in [2.75, 3.05) is 5.32 Å². The predicted molar refractivity (Wildman–Crippen MR) is 52.0 cm³/mol. The Balaban J connectivity index is 2.46. The molecule has 5 nitrogen and oxygen atoms in total. The van der Waals surface area contributed by atoms with Crippen LogP contribution in [0.25, 0.3) is 5.65 Å². The Morgan fingerprint density at radius 1 is 1.57 bits per heavy atom. The van der Waals surface area contributed by atoms with Crippen LogP contribution in [0.1, 0.15) is 12.5 Å². The van der Waals surface area contributed by atoms with E-state index in [1.54, 1.807) is 4.52 Å². The van der Waals surface area contributed by atoms with Crippen molar-refractivity contribution < 1.29 is 4.79 Å². The second-order valence-corrected chi connectivity index (χ2v) is 3.12. The molecule has 2 heterocycles. The summed E-state index contributed by atoms with van der Waals surface area (Å²) in [7, 11) is 0. The number of hydrogen-bond donors (Lipinski definition) is 1. The smallest absolute Gasteiger partial charge is 0.249 e. The summed E-state index contributed by atoms with van der Waals surface area (Å²) in [6.07, 6.45) is 1.81. The van der Waals surface area contributed by atoms with Crippen LogP contribution in [0.5, 0.6) is 0 Å². The van der Waals surface area contributed by atoms with Crippen LogP contribution in [0, 0.1) is 6.92 Å². The first kappa shape index (κ1) is 8.68. The summed E-state index contributed by atoms with van der Waals surface area (Å²) in [5, 5.41) is 6.60. The highest BCUT2D eigenvalue weighted by Crippen LogP contribution is 2.06. The van der Waals surface area contributed by atoms with Crippen molar-refractivity contribution >= 4 is 17.5 Å². The van der Waals surface area contributed by atoms with Crippen LogP contribution in [-0.2, 0) is 4.79 Å². The molecule has 0 aliphatic heterocycles. The molecule has 0 spiro atoms. The molecule has 5 heteroatoms. The van der Waals surface area contributed by atoms with Gasteiger partial charge in [0.1, 0.15) is 0 Å². The van der Waals surface area contributed by atoms with Gasteiger partial charge >= 0.3 is 0 Å². The molecule has 0 fully saturated rings. The minimum atomic E-state index is -0.169. The highest BCUT2D eigenvalue weighted by Gasteiger charge is 2.03. The molecule has 14 heavy (non-hydrogen) atoms. The second-order valence-electron chi connectivity index (χ2n) is 3.12. The quantitative estimate of drug-likeness (QED) is 0.729. The third-order valence-corrected chi connectivity index (χ3v) is 1.78. The zero-order valence-corrected chi connectivity index (χ0v) is 7.98. The predicted octanol–water partition coefficient (Wildman–Crippen LogP) is 0.996. The molecule has 0 aromatic carbocycles. The third-order valence-electron chi connectivity index (χ3n) is 1.78. The standard InChI is InChI=1S/C9H10N4O/c1-6-3-4-13-8(5-6)11-9(12-13)10-7(2)14/h3-5H,1-2H3,(H,10,12,14). The summed E-state index contributed by atoms with van der Waals surface area (Å²) in [5.74, 6) is 0.167. The number of hydrogen-bond acceptors (Lipinski definition) is 3. The average molecular weight is 190 g/mol. The van der Waals surface area contributed by atoms with Crippen LogP contribution in [0.3, 0.4) is 0 Å². The summed E-state index contributed by atoms with van der Waals surface area (Å²) in [4.78, 5) is 14.9. The molecular weight excluding hydrogens is 180 g/mol. The van der Waals surface area contributed by atoms with Crippen LogP contribution in [0.4, 0.5) is 5.95 Å². The minimum absolute atomic E-state index is 0.169. The SMILES string of the molecule is CC(=O)Nc1nc2cc(C)ccn2n1. The van der Waals surface area contributed by atoms with Gasteiger partial charge in [-0.1, -0.05) is 0 Å². The molecule has 2 aromatic rings. The third kappa shape index (κ3) is 1.56. The van der Waals surface area contributed by atoms with Crippen LogP contribution >= 0.6 is 0 Å². The summed E-state index contributed by atoms with van der Waals surface area (Å²) in [6, 6.07) is 3.83. The van der Waals surface area contributed by atoms with E-state index in [1.165, 1.54) is 6.92 Å². The van der Waals surface area contributed by atoms with E-state index in [4.69, 9.17) is 0 Å². The molecule has 0 saturated carbocycles. The summed E-state index contributed by atoms with van der Waals surface area (Å²) in [6.45, 7) is 3.41. The molecule has 1 N–H and O–H groups in total. The molecule has 72 valence electrons. The Morgan fingerprint density at radius 2 is 2.36 bits per heavy atom. The number of aryl methyl sites for hydroxylation is 1. The molecule has 2 rings (SSSR count). The summed E-state index contributed by atoms with van der Waals surface area (Å²) in [5.41, 5.74) is 1.84. The molecular formula is C9H10N4O. The van der Waals surface area contributed by atoms with E-state index in [1.807, 2.05) is 25.3 Å². The average Bonchev–Trinajstić information content (AvgIpc) is 2.44. The number of aromatic nitrogens is 3. The molecule has 0 bridgehead atoms. The van der Waals surface area contributed by atoms with Gasteiger partial charge in [-0.15, -0.1) is 5.10 Å². The molecule has 0 atom stereocenters. The number of carbonyl (C=O) groups excluding carboxylic acids is 1. The van der Waals surface area contributed by atoms with Crippen molar-refractivity contribution in [3.05, 3.63) is 23.9 Å². The fourth-order valence-electron chi connectivity index (χ4n) is 1.19. The first-order chi connectivity index (χ1) is 6.65. The van der Waals surface area contributed by atoms with Gasteiger partial charge in [-0.2, -0.15) is 4.98 Å². The van der Waals surface area contributed by atoms with Crippen LogP contribution in [-0.4, -0.2) is 20.5 Å². The maximum atomic E-state index is 10.8. The number of nitrogens with one attached hydrogen (secondary N) is 1. The molecule has 0 aliphatic carbocycles. The summed E-state index contributed by atoms with van der Waals surface area (Å²) >= 11 is 0. The zero-order chi connectivity index (χ0) is 10.1. The van der Waals surface area contributed by atoms with Gasteiger partial charge in [0.05, 0.1) is 0 Å². The van der Waals surface area contributed by atoms with E-state index in [0.717, 1.165) is 11.2 Å². The number of anilines is 1. The summed E-state index contributed by atoms with van der Waals surface area (Å²) < 4.78 is 1.62. The van der Waals surface area contributed by atoms with Crippen molar-refractivity contribution in [1.29, 1.82) is 0 Å². The lowest BCUT2D eigenvalue weighted by Gasteiger charge is -1.91. The Kier molecular flexibility index (Phi) is 1.92. The maximum Gasteiger partial charge on any atom is 0.249 e. The van der Waals surface area contributed by atoms with Gasteiger partial charge in [0.2, 0.25) is 11.9 Å². The first-order valence-electron chi connectivity index (χ1n) is 4.26. The number of rotatable bonds is 1. The van der Waals surface area contributed by atoms with E-state index < -0.39 is 0 Å². The Bertz CT molecular complexity index is 489. The lowest BCUT2D eigenvalue weighted by atomic mass is 10.3. The van der Waals surface area contributed by atoms with E-state index in [0.29, 0.717) is 5.95 Å². The van der Waals surface area contributed by atoms with Gasteiger partial charge in [0, 0.05) is 13.1 Å². The van der Waals surface area contributed by atoms with E-state index >= 15 is 0 Å². The second kappa shape index (κ2) is 3.10. The largest absolute Gasteiger partial charge is 0.293 e. The Labute approximate surface area is 80.8 Å². The fraction of sp³-hybridized carbons (Fsp3) is 0.222. The highest BCUT2D eigenvalue weighted by molar-refractivity contribution is 5.86. The normalized spacial score (nSPS) is 10.4.